The standard InChI is InChI=1S/C12H14Br2N2O/c1-8-7-15-4-5-16(8)12(17)10-3-2-9(13)6-11(10)14/h2-3,6,8,15H,4-5,7H2,1H3/t8-/m0/s1. The number of piperazine rings is 1. The van der Waals surface area contributed by atoms with Gasteiger partial charge in [0.25, 0.3) is 5.91 Å². The molecule has 1 atom stereocenters. The summed E-state index contributed by atoms with van der Waals surface area (Å²) in [4.78, 5) is 14.3. The van der Waals surface area contributed by atoms with Crippen LogP contribution in [0.3, 0.4) is 0 Å². The van der Waals surface area contributed by atoms with Gasteiger partial charge in [-0.05, 0) is 41.1 Å². The van der Waals surface area contributed by atoms with Crippen molar-refractivity contribution in [2.45, 2.75) is 13.0 Å². The van der Waals surface area contributed by atoms with Gasteiger partial charge in [-0.2, -0.15) is 0 Å². The summed E-state index contributed by atoms with van der Waals surface area (Å²) in [5, 5.41) is 3.28. The van der Waals surface area contributed by atoms with Crippen molar-refractivity contribution in [1.29, 1.82) is 0 Å². The van der Waals surface area contributed by atoms with Gasteiger partial charge in [0.2, 0.25) is 0 Å². The first-order chi connectivity index (χ1) is 8.09. The van der Waals surface area contributed by atoms with Gasteiger partial charge in [-0.15, -0.1) is 0 Å². The maximum atomic E-state index is 12.4. The Hall–Kier alpha value is -0.390. The normalized spacial score (nSPS) is 20.4. The topological polar surface area (TPSA) is 32.3 Å². The molecule has 0 aromatic heterocycles. The summed E-state index contributed by atoms with van der Waals surface area (Å²) in [7, 11) is 0. The molecule has 1 aliphatic heterocycles. The lowest BCUT2D eigenvalue weighted by Gasteiger charge is -2.34. The van der Waals surface area contributed by atoms with Gasteiger partial charge in [-0.25, -0.2) is 0 Å². The maximum absolute atomic E-state index is 12.4. The van der Waals surface area contributed by atoms with E-state index in [1.165, 1.54) is 0 Å². The molecule has 0 radical (unpaired) electrons. The Labute approximate surface area is 118 Å². The van der Waals surface area contributed by atoms with Crippen LogP contribution in [0.2, 0.25) is 0 Å². The second kappa shape index (κ2) is 5.50. The van der Waals surface area contributed by atoms with Crippen molar-refractivity contribution >= 4 is 37.8 Å². The number of benzene rings is 1. The molecule has 5 heteroatoms. The number of carbonyl (C=O) groups is 1. The van der Waals surface area contributed by atoms with E-state index in [1.807, 2.05) is 23.1 Å². The molecule has 0 spiro atoms. The molecule has 0 bridgehead atoms. The molecule has 1 aromatic carbocycles. The van der Waals surface area contributed by atoms with E-state index >= 15 is 0 Å². The van der Waals surface area contributed by atoms with Crippen LogP contribution in [0.5, 0.6) is 0 Å². The number of nitrogens with zero attached hydrogens (tertiary/aromatic N) is 1. The highest BCUT2D eigenvalue weighted by Gasteiger charge is 2.25. The smallest absolute Gasteiger partial charge is 0.255 e. The fourth-order valence-electron chi connectivity index (χ4n) is 1.96. The first-order valence-corrected chi connectivity index (χ1v) is 7.15. The van der Waals surface area contributed by atoms with Crippen LogP contribution in [0.25, 0.3) is 0 Å². The maximum Gasteiger partial charge on any atom is 0.255 e. The third-order valence-corrected chi connectivity index (χ3v) is 4.07. The molecular formula is C12H14Br2N2O. The number of halogens is 2. The lowest BCUT2D eigenvalue weighted by atomic mass is 10.1. The highest BCUT2D eigenvalue weighted by atomic mass is 79.9. The molecule has 1 fully saturated rings. The minimum atomic E-state index is 0.0957. The molecule has 17 heavy (non-hydrogen) atoms. The lowest BCUT2D eigenvalue weighted by molar-refractivity contribution is 0.0655. The number of amides is 1. The molecule has 3 nitrogen and oxygen atoms in total. The average molecular weight is 362 g/mol. The highest BCUT2D eigenvalue weighted by molar-refractivity contribution is 9.11. The minimum absolute atomic E-state index is 0.0957. The van der Waals surface area contributed by atoms with Crippen LogP contribution in [-0.2, 0) is 0 Å². The van der Waals surface area contributed by atoms with Gasteiger partial charge in [-0.3, -0.25) is 4.79 Å². The fraction of sp³-hybridized carbons (Fsp3) is 0.417. The zero-order valence-electron chi connectivity index (χ0n) is 9.54. The quantitative estimate of drug-likeness (QED) is 0.833. The summed E-state index contributed by atoms with van der Waals surface area (Å²) < 4.78 is 1.80. The summed E-state index contributed by atoms with van der Waals surface area (Å²) in [5.74, 6) is 0.0957. The second-order valence-electron chi connectivity index (χ2n) is 4.18. The largest absolute Gasteiger partial charge is 0.333 e. The van der Waals surface area contributed by atoms with Crippen LogP contribution in [0.1, 0.15) is 17.3 Å². The number of nitrogens with one attached hydrogen (secondary N) is 1. The molecular weight excluding hydrogens is 348 g/mol. The highest BCUT2D eigenvalue weighted by Crippen LogP contribution is 2.24. The number of hydrogen-bond donors (Lipinski definition) is 1. The van der Waals surface area contributed by atoms with Crippen molar-refractivity contribution in [3.8, 4) is 0 Å². The van der Waals surface area contributed by atoms with E-state index in [4.69, 9.17) is 0 Å². The summed E-state index contributed by atoms with van der Waals surface area (Å²) in [6.07, 6.45) is 0. The van der Waals surface area contributed by atoms with Crippen molar-refractivity contribution in [3.63, 3.8) is 0 Å². The number of carbonyl (C=O) groups excluding carboxylic acids is 1. The van der Waals surface area contributed by atoms with E-state index in [9.17, 15) is 4.79 Å². The van der Waals surface area contributed by atoms with Crippen LogP contribution in [0.4, 0.5) is 0 Å². The summed E-state index contributed by atoms with van der Waals surface area (Å²) >= 11 is 6.83. The molecule has 1 heterocycles. The van der Waals surface area contributed by atoms with Gasteiger partial charge in [0.05, 0.1) is 5.56 Å². The number of rotatable bonds is 1. The monoisotopic (exact) mass is 360 g/mol. The van der Waals surface area contributed by atoms with Crippen LogP contribution >= 0.6 is 31.9 Å². The Morgan fingerprint density at radius 3 is 2.88 bits per heavy atom. The predicted octanol–water partition coefficient (Wildman–Crippen LogP) is 2.65. The van der Waals surface area contributed by atoms with E-state index in [-0.39, 0.29) is 11.9 Å². The van der Waals surface area contributed by atoms with E-state index in [0.717, 1.165) is 34.1 Å². The van der Waals surface area contributed by atoms with Gasteiger partial charge in [0.15, 0.2) is 0 Å². The van der Waals surface area contributed by atoms with Crippen LogP contribution in [-0.4, -0.2) is 36.5 Å². The van der Waals surface area contributed by atoms with Crippen molar-refractivity contribution in [1.82, 2.24) is 10.2 Å². The Kier molecular flexibility index (Phi) is 4.22. The van der Waals surface area contributed by atoms with E-state index in [2.05, 4.69) is 44.1 Å². The summed E-state index contributed by atoms with van der Waals surface area (Å²) in [5.41, 5.74) is 0.724. The molecule has 1 saturated heterocycles. The molecule has 0 saturated carbocycles. The first kappa shape index (κ1) is 13.1. The minimum Gasteiger partial charge on any atom is -0.333 e. The van der Waals surface area contributed by atoms with Gasteiger partial charge >= 0.3 is 0 Å². The van der Waals surface area contributed by atoms with Crippen LogP contribution < -0.4 is 5.32 Å². The molecule has 2 rings (SSSR count). The van der Waals surface area contributed by atoms with E-state index in [1.54, 1.807) is 0 Å². The fourth-order valence-corrected chi connectivity index (χ4v) is 3.18. The summed E-state index contributed by atoms with van der Waals surface area (Å²) in [6.45, 7) is 4.56. The Morgan fingerprint density at radius 1 is 1.47 bits per heavy atom. The number of hydrogen-bond acceptors (Lipinski definition) is 2. The van der Waals surface area contributed by atoms with Gasteiger partial charge in [-0.1, -0.05) is 15.9 Å². The second-order valence-corrected chi connectivity index (χ2v) is 5.95. The lowest BCUT2D eigenvalue weighted by Crippen LogP contribution is -2.52. The predicted molar refractivity (Wildman–Crippen MR) is 75.2 cm³/mol. The van der Waals surface area contributed by atoms with Crippen molar-refractivity contribution in [3.05, 3.63) is 32.7 Å². The third kappa shape index (κ3) is 2.89. The van der Waals surface area contributed by atoms with Crippen molar-refractivity contribution in [2.75, 3.05) is 19.6 Å². The molecule has 1 aromatic rings. The summed E-state index contributed by atoms with van der Waals surface area (Å²) in [6, 6.07) is 5.89. The van der Waals surface area contributed by atoms with Crippen LogP contribution in [0.15, 0.2) is 27.1 Å². The van der Waals surface area contributed by atoms with E-state index < -0.39 is 0 Å². The van der Waals surface area contributed by atoms with Crippen LogP contribution in [0, 0.1) is 0 Å². The van der Waals surface area contributed by atoms with E-state index in [0.29, 0.717) is 0 Å². The molecule has 1 amide bonds. The third-order valence-electron chi connectivity index (χ3n) is 2.92. The molecule has 1 N–H and O–H groups in total. The molecule has 1 aliphatic rings. The molecule has 0 aliphatic carbocycles. The molecule has 0 unspecified atom stereocenters. The SMILES string of the molecule is C[C@H]1CNCCN1C(=O)c1ccc(Br)cc1Br. The Bertz CT molecular complexity index is 437. The van der Waals surface area contributed by atoms with Gasteiger partial charge in [0, 0.05) is 34.6 Å². The zero-order chi connectivity index (χ0) is 12.4. The van der Waals surface area contributed by atoms with Crippen molar-refractivity contribution < 1.29 is 4.79 Å². The average Bonchev–Trinajstić information content (AvgIpc) is 2.29. The van der Waals surface area contributed by atoms with Gasteiger partial charge < -0.3 is 10.2 Å². The van der Waals surface area contributed by atoms with Crippen molar-refractivity contribution in [2.24, 2.45) is 0 Å². The first-order valence-electron chi connectivity index (χ1n) is 5.56. The Balaban J connectivity index is 2.24. The van der Waals surface area contributed by atoms with Gasteiger partial charge in [0.1, 0.15) is 0 Å². The molecule has 92 valence electrons. The Morgan fingerprint density at radius 2 is 2.24 bits per heavy atom. The zero-order valence-corrected chi connectivity index (χ0v) is 12.7.